The van der Waals surface area contributed by atoms with Crippen molar-refractivity contribution < 1.29 is 4.39 Å². The van der Waals surface area contributed by atoms with Gasteiger partial charge in [0.15, 0.2) is 0 Å². The van der Waals surface area contributed by atoms with Crippen molar-refractivity contribution >= 4 is 43.9 Å². The summed E-state index contributed by atoms with van der Waals surface area (Å²) in [7, 11) is 0. The minimum atomic E-state index is -0.318. The zero-order valence-electron chi connectivity index (χ0n) is 11.1. The molecular weight excluding hydrogens is 323 g/mol. The molecule has 0 aliphatic heterocycles. The lowest BCUT2D eigenvalue weighted by Crippen LogP contribution is -2.09. The maximum Gasteiger partial charge on any atom is 0.259 e. The van der Waals surface area contributed by atoms with Gasteiger partial charge in [0.2, 0.25) is 0 Å². The van der Waals surface area contributed by atoms with Crippen molar-refractivity contribution in [3.8, 4) is 11.4 Å². The Kier molecular flexibility index (Phi) is 2.99. The molecule has 0 aliphatic carbocycles. The molecule has 1 N–H and O–H groups in total. The molecule has 6 heteroatoms. The highest BCUT2D eigenvalue weighted by Gasteiger charge is 2.12. The fraction of sp³-hybridized carbons (Fsp3) is 0. The fourth-order valence-corrected chi connectivity index (χ4v) is 3.52. The van der Waals surface area contributed by atoms with Gasteiger partial charge in [-0.2, -0.15) is 0 Å². The number of nitrogens with zero attached hydrogens (tertiary/aromatic N) is 1. The minimum Gasteiger partial charge on any atom is -0.306 e. The van der Waals surface area contributed by atoms with Gasteiger partial charge >= 0.3 is 0 Å². The second kappa shape index (κ2) is 4.90. The molecule has 108 valence electrons. The van der Waals surface area contributed by atoms with Gasteiger partial charge in [0.1, 0.15) is 11.6 Å². The molecule has 22 heavy (non-hydrogen) atoms. The standard InChI is InChI=1S/C16H8ClFN2OS/c17-8-1-3-13-11(5-8)16(21)20-15(19-13)12-7-22-14-4-2-9(18)6-10(12)14/h1-7H,(H,19,20,21). The summed E-state index contributed by atoms with van der Waals surface area (Å²) in [5.41, 5.74) is 1.01. The van der Waals surface area contributed by atoms with Crippen LogP contribution in [0.3, 0.4) is 0 Å². The number of fused-ring (bicyclic) bond motifs is 2. The topological polar surface area (TPSA) is 45.8 Å². The maximum absolute atomic E-state index is 13.5. The third-order valence-corrected chi connectivity index (χ3v) is 4.66. The second-order valence-electron chi connectivity index (χ2n) is 4.87. The number of halogens is 2. The van der Waals surface area contributed by atoms with Crippen LogP contribution in [0.4, 0.5) is 4.39 Å². The number of hydrogen-bond donors (Lipinski definition) is 1. The van der Waals surface area contributed by atoms with Crippen molar-refractivity contribution in [3.63, 3.8) is 0 Å². The highest BCUT2D eigenvalue weighted by molar-refractivity contribution is 7.17. The molecule has 2 aromatic carbocycles. The summed E-state index contributed by atoms with van der Waals surface area (Å²) in [6.07, 6.45) is 0. The predicted octanol–water partition coefficient (Wildman–Crippen LogP) is 4.60. The zero-order chi connectivity index (χ0) is 15.3. The van der Waals surface area contributed by atoms with E-state index < -0.39 is 0 Å². The van der Waals surface area contributed by atoms with Gasteiger partial charge in [-0.15, -0.1) is 11.3 Å². The minimum absolute atomic E-state index is 0.266. The van der Waals surface area contributed by atoms with E-state index in [1.165, 1.54) is 23.5 Å². The van der Waals surface area contributed by atoms with E-state index in [1.807, 2.05) is 5.38 Å². The van der Waals surface area contributed by atoms with E-state index in [4.69, 9.17) is 11.6 Å². The predicted molar refractivity (Wildman–Crippen MR) is 88.2 cm³/mol. The van der Waals surface area contributed by atoms with Crippen molar-refractivity contribution in [2.45, 2.75) is 0 Å². The lowest BCUT2D eigenvalue weighted by molar-refractivity contribution is 0.630. The number of aromatic amines is 1. The molecule has 4 rings (SSSR count). The molecule has 0 unspecified atom stereocenters. The number of nitrogens with one attached hydrogen (secondary N) is 1. The Morgan fingerprint density at radius 3 is 2.86 bits per heavy atom. The van der Waals surface area contributed by atoms with Crippen molar-refractivity contribution in [1.82, 2.24) is 9.97 Å². The van der Waals surface area contributed by atoms with E-state index in [0.29, 0.717) is 27.3 Å². The second-order valence-corrected chi connectivity index (χ2v) is 6.21. The van der Waals surface area contributed by atoms with Gasteiger partial charge in [-0.25, -0.2) is 9.37 Å². The molecule has 0 spiro atoms. The Bertz CT molecular complexity index is 1090. The molecule has 0 fully saturated rings. The van der Waals surface area contributed by atoms with Crippen LogP contribution in [0.15, 0.2) is 46.6 Å². The number of benzene rings is 2. The molecule has 4 aromatic rings. The molecule has 0 bridgehead atoms. The van der Waals surface area contributed by atoms with Crippen LogP contribution in [-0.2, 0) is 0 Å². The van der Waals surface area contributed by atoms with Crippen LogP contribution in [0.1, 0.15) is 0 Å². The summed E-state index contributed by atoms with van der Waals surface area (Å²) in [6.45, 7) is 0. The molecule has 0 radical (unpaired) electrons. The fourth-order valence-electron chi connectivity index (χ4n) is 2.42. The Morgan fingerprint density at radius 1 is 1.14 bits per heavy atom. The third kappa shape index (κ3) is 2.10. The number of thiophene rings is 1. The Hall–Kier alpha value is -2.24. The summed E-state index contributed by atoms with van der Waals surface area (Å²) < 4.78 is 14.4. The molecule has 2 aromatic heterocycles. The molecule has 0 aliphatic rings. The molecule has 3 nitrogen and oxygen atoms in total. The SMILES string of the molecule is O=c1[nH]c(-c2csc3ccc(F)cc23)nc2ccc(Cl)cc12. The van der Waals surface area contributed by atoms with Crippen molar-refractivity contribution in [2.24, 2.45) is 0 Å². The lowest BCUT2D eigenvalue weighted by Gasteiger charge is -2.03. The average molecular weight is 331 g/mol. The number of aromatic nitrogens is 2. The van der Waals surface area contributed by atoms with E-state index in [9.17, 15) is 9.18 Å². The molecule has 0 saturated carbocycles. The maximum atomic E-state index is 13.5. The molecular formula is C16H8ClFN2OS. The van der Waals surface area contributed by atoms with E-state index in [1.54, 1.807) is 24.3 Å². The molecule has 0 saturated heterocycles. The van der Waals surface area contributed by atoms with E-state index in [-0.39, 0.29) is 11.4 Å². The van der Waals surface area contributed by atoms with Crippen molar-refractivity contribution in [3.05, 3.63) is 63.0 Å². The van der Waals surface area contributed by atoms with Crippen LogP contribution in [0.2, 0.25) is 5.02 Å². The summed E-state index contributed by atoms with van der Waals surface area (Å²) in [5, 5.41) is 3.52. The van der Waals surface area contributed by atoms with Crippen LogP contribution in [0.5, 0.6) is 0 Å². The van der Waals surface area contributed by atoms with Gasteiger partial charge in [0, 0.05) is 26.1 Å². The third-order valence-electron chi connectivity index (χ3n) is 3.46. The van der Waals surface area contributed by atoms with Crippen LogP contribution >= 0.6 is 22.9 Å². The van der Waals surface area contributed by atoms with Gasteiger partial charge in [-0.3, -0.25) is 4.79 Å². The van der Waals surface area contributed by atoms with Gasteiger partial charge in [0.25, 0.3) is 5.56 Å². The van der Waals surface area contributed by atoms with Gasteiger partial charge in [-0.05, 0) is 36.4 Å². The van der Waals surface area contributed by atoms with Gasteiger partial charge in [0.05, 0.1) is 10.9 Å². The summed E-state index contributed by atoms with van der Waals surface area (Å²) >= 11 is 7.39. The average Bonchev–Trinajstić information content (AvgIpc) is 2.91. The number of hydrogen-bond acceptors (Lipinski definition) is 3. The molecule has 2 heterocycles. The Labute approximate surface area is 133 Å². The Balaban J connectivity index is 2.02. The van der Waals surface area contributed by atoms with Crippen molar-refractivity contribution in [2.75, 3.05) is 0 Å². The summed E-state index contributed by atoms with van der Waals surface area (Å²) in [5.74, 6) is 0.110. The number of rotatable bonds is 1. The normalized spacial score (nSPS) is 11.4. The quantitative estimate of drug-likeness (QED) is 0.554. The van der Waals surface area contributed by atoms with Crippen LogP contribution in [0.25, 0.3) is 32.4 Å². The van der Waals surface area contributed by atoms with E-state index >= 15 is 0 Å². The van der Waals surface area contributed by atoms with E-state index in [2.05, 4.69) is 9.97 Å². The summed E-state index contributed by atoms with van der Waals surface area (Å²) in [6, 6.07) is 9.56. The monoisotopic (exact) mass is 330 g/mol. The van der Waals surface area contributed by atoms with E-state index in [0.717, 1.165) is 10.1 Å². The first kappa shape index (κ1) is 13.4. The highest BCUT2D eigenvalue weighted by atomic mass is 35.5. The van der Waals surface area contributed by atoms with Crippen molar-refractivity contribution in [1.29, 1.82) is 0 Å². The number of H-pyrrole nitrogens is 1. The summed E-state index contributed by atoms with van der Waals surface area (Å²) in [4.78, 5) is 19.4. The Morgan fingerprint density at radius 2 is 2.00 bits per heavy atom. The first-order chi connectivity index (χ1) is 10.6. The first-order valence-electron chi connectivity index (χ1n) is 6.48. The van der Waals surface area contributed by atoms with Crippen LogP contribution in [0, 0.1) is 5.82 Å². The van der Waals surface area contributed by atoms with Crippen LogP contribution in [-0.4, -0.2) is 9.97 Å². The van der Waals surface area contributed by atoms with Crippen LogP contribution < -0.4 is 5.56 Å². The first-order valence-corrected chi connectivity index (χ1v) is 7.74. The largest absolute Gasteiger partial charge is 0.306 e. The smallest absolute Gasteiger partial charge is 0.259 e. The highest BCUT2D eigenvalue weighted by Crippen LogP contribution is 2.32. The molecule has 0 amide bonds. The molecule has 0 atom stereocenters. The lowest BCUT2D eigenvalue weighted by atomic mass is 10.1. The van der Waals surface area contributed by atoms with Gasteiger partial charge < -0.3 is 4.98 Å². The van der Waals surface area contributed by atoms with Gasteiger partial charge in [-0.1, -0.05) is 11.6 Å². The zero-order valence-corrected chi connectivity index (χ0v) is 12.6.